The Morgan fingerprint density at radius 1 is 1.09 bits per heavy atom. The summed E-state index contributed by atoms with van der Waals surface area (Å²) in [5.41, 5.74) is 3.43. The van der Waals surface area contributed by atoms with Crippen LogP contribution in [0, 0.1) is 12.8 Å². The lowest BCUT2D eigenvalue weighted by Gasteiger charge is -2.32. The minimum atomic E-state index is -3.43. The number of fused-ring (bicyclic) bond motifs is 1. The Hall–Kier alpha value is -3.05. The van der Waals surface area contributed by atoms with Crippen molar-refractivity contribution in [3.63, 3.8) is 0 Å². The van der Waals surface area contributed by atoms with Crippen molar-refractivity contribution >= 4 is 44.2 Å². The van der Waals surface area contributed by atoms with Gasteiger partial charge in [0.25, 0.3) is 0 Å². The molecule has 0 spiro atoms. The standard InChI is InChI=1S/C22H30N8O2S/c1-15(2)13-33(31,32)28-17-6-5-16(3)18(11-17)26-21-20-19(24-14-25-21)12-23-22(27-20)30-9-7-29(4)8-10-30/h5-6,11-12,14-15,28H,7-10,13H2,1-4H3,(H,24,25,26). The maximum atomic E-state index is 12.4. The van der Waals surface area contributed by atoms with Crippen LogP contribution < -0.4 is 14.9 Å². The number of nitrogens with one attached hydrogen (secondary N) is 2. The van der Waals surface area contributed by atoms with Gasteiger partial charge in [0.05, 0.1) is 17.6 Å². The number of sulfonamides is 1. The van der Waals surface area contributed by atoms with Crippen LogP contribution in [0.2, 0.25) is 0 Å². The summed E-state index contributed by atoms with van der Waals surface area (Å²) >= 11 is 0. The van der Waals surface area contributed by atoms with Crippen LogP contribution in [0.3, 0.4) is 0 Å². The number of anilines is 4. The third-order valence-electron chi connectivity index (χ3n) is 5.47. The van der Waals surface area contributed by atoms with E-state index in [0.717, 1.165) is 37.4 Å². The highest BCUT2D eigenvalue weighted by atomic mass is 32.2. The molecule has 0 bridgehead atoms. The van der Waals surface area contributed by atoms with Gasteiger partial charge in [-0.3, -0.25) is 4.72 Å². The molecular formula is C22H30N8O2S. The highest BCUT2D eigenvalue weighted by Crippen LogP contribution is 2.27. The van der Waals surface area contributed by atoms with Crippen molar-refractivity contribution in [3.8, 4) is 0 Å². The van der Waals surface area contributed by atoms with Crippen molar-refractivity contribution in [3.05, 3.63) is 36.3 Å². The molecule has 1 saturated heterocycles. The van der Waals surface area contributed by atoms with Crippen LogP contribution in [0.4, 0.5) is 23.1 Å². The van der Waals surface area contributed by atoms with E-state index in [2.05, 4.69) is 41.8 Å². The Labute approximate surface area is 194 Å². The molecule has 33 heavy (non-hydrogen) atoms. The molecular weight excluding hydrogens is 440 g/mol. The largest absolute Gasteiger partial charge is 0.338 e. The molecule has 10 nitrogen and oxygen atoms in total. The molecule has 0 atom stereocenters. The first-order chi connectivity index (χ1) is 15.7. The number of aromatic nitrogens is 4. The van der Waals surface area contributed by atoms with Crippen LogP contribution >= 0.6 is 0 Å². The average Bonchev–Trinajstić information content (AvgIpc) is 2.75. The van der Waals surface area contributed by atoms with Crippen molar-refractivity contribution in [1.29, 1.82) is 0 Å². The monoisotopic (exact) mass is 470 g/mol. The molecule has 0 saturated carbocycles. The molecule has 1 aliphatic heterocycles. The highest BCUT2D eigenvalue weighted by molar-refractivity contribution is 7.92. The van der Waals surface area contributed by atoms with E-state index in [4.69, 9.17) is 4.98 Å². The SMILES string of the molecule is Cc1ccc(NS(=O)(=O)CC(C)C)cc1Nc1ncnc2cnc(N3CCN(C)CC3)nc12. The zero-order chi connectivity index (χ0) is 23.6. The van der Waals surface area contributed by atoms with Gasteiger partial charge in [0.1, 0.15) is 17.4 Å². The number of likely N-dealkylation sites (N-methyl/N-ethyl adjacent to an activating group) is 1. The molecule has 4 rings (SSSR count). The van der Waals surface area contributed by atoms with Crippen molar-refractivity contribution in [1.82, 2.24) is 24.8 Å². The number of piperazine rings is 1. The van der Waals surface area contributed by atoms with Crippen molar-refractivity contribution < 1.29 is 8.42 Å². The second-order valence-electron chi connectivity index (χ2n) is 8.85. The minimum Gasteiger partial charge on any atom is -0.338 e. The summed E-state index contributed by atoms with van der Waals surface area (Å²) in [6.45, 7) is 9.32. The lowest BCUT2D eigenvalue weighted by Crippen LogP contribution is -2.45. The maximum absolute atomic E-state index is 12.4. The number of hydrogen-bond donors (Lipinski definition) is 2. The maximum Gasteiger partial charge on any atom is 0.232 e. The molecule has 0 radical (unpaired) electrons. The van der Waals surface area contributed by atoms with Gasteiger partial charge < -0.3 is 15.1 Å². The molecule has 2 aromatic heterocycles. The van der Waals surface area contributed by atoms with Gasteiger partial charge >= 0.3 is 0 Å². The molecule has 2 N–H and O–H groups in total. The molecule has 1 aliphatic rings. The zero-order valence-electron chi connectivity index (χ0n) is 19.4. The molecule has 0 unspecified atom stereocenters. The quantitative estimate of drug-likeness (QED) is 0.537. The predicted molar refractivity (Wildman–Crippen MR) is 132 cm³/mol. The van der Waals surface area contributed by atoms with Gasteiger partial charge in [-0.05, 0) is 37.6 Å². The number of aryl methyl sites for hydroxylation is 1. The lowest BCUT2D eigenvalue weighted by atomic mass is 10.2. The minimum absolute atomic E-state index is 0.0344. The van der Waals surface area contributed by atoms with E-state index < -0.39 is 10.0 Å². The van der Waals surface area contributed by atoms with E-state index in [0.29, 0.717) is 28.5 Å². The summed E-state index contributed by atoms with van der Waals surface area (Å²) in [5.74, 6) is 1.29. The second kappa shape index (κ2) is 9.44. The van der Waals surface area contributed by atoms with Crippen molar-refractivity contribution in [2.24, 2.45) is 5.92 Å². The average molecular weight is 471 g/mol. The molecule has 0 aliphatic carbocycles. The van der Waals surface area contributed by atoms with E-state index in [1.165, 1.54) is 6.33 Å². The van der Waals surface area contributed by atoms with Gasteiger partial charge in [-0.15, -0.1) is 0 Å². The third-order valence-corrected chi connectivity index (χ3v) is 7.12. The Morgan fingerprint density at radius 3 is 2.58 bits per heavy atom. The first-order valence-electron chi connectivity index (χ1n) is 11.0. The molecule has 3 aromatic rings. The fourth-order valence-electron chi connectivity index (χ4n) is 3.70. The topological polar surface area (TPSA) is 116 Å². The zero-order valence-corrected chi connectivity index (χ0v) is 20.2. The number of benzene rings is 1. The van der Waals surface area contributed by atoms with Crippen LogP contribution in [0.25, 0.3) is 11.0 Å². The van der Waals surface area contributed by atoms with Crippen molar-refractivity contribution in [2.75, 3.05) is 53.9 Å². The molecule has 3 heterocycles. The number of nitrogens with zero attached hydrogens (tertiary/aromatic N) is 6. The van der Waals surface area contributed by atoms with Crippen LogP contribution in [-0.2, 0) is 10.0 Å². The van der Waals surface area contributed by atoms with E-state index in [1.807, 2.05) is 26.8 Å². The first-order valence-corrected chi connectivity index (χ1v) is 12.6. The van der Waals surface area contributed by atoms with E-state index in [9.17, 15) is 8.42 Å². The predicted octanol–water partition coefficient (Wildman–Crippen LogP) is 2.62. The summed E-state index contributed by atoms with van der Waals surface area (Å²) in [7, 11) is -1.32. The van der Waals surface area contributed by atoms with Crippen LogP contribution in [0.1, 0.15) is 19.4 Å². The van der Waals surface area contributed by atoms with E-state index in [-0.39, 0.29) is 11.7 Å². The van der Waals surface area contributed by atoms with Gasteiger partial charge in [-0.1, -0.05) is 19.9 Å². The van der Waals surface area contributed by atoms with E-state index in [1.54, 1.807) is 18.3 Å². The van der Waals surface area contributed by atoms with Crippen LogP contribution in [-0.4, -0.2) is 72.2 Å². The van der Waals surface area contributed by atoms with Gasteiger partial charge in [-0.2, -0.15) is 0 Å². The van der Waals surface area contributed by atoms with Gasteiger partial charge in [0.2, 0.25) is 16.0 Å². The summed E-state index contributed by atoms with van der Waals surface area (Å²) in [6.07, 6.45) is 3.18. The lowest BCUT2D eigenvalue weighted by molar-refractivity contribution is 0.311. The fraction of sp³-hybridized carbons (Fsp3) is 0.455. The summed E-state index contributed by atoms with van der Waals surface area (Å²) in [6, 6.07) is 5.39. The van der Waals surface area contributed by atoms with E-state index >= 15 is 0 Å². The third kappa shape index (κ3) is 5.66. The normalized spacial score (nSPS) is 15.2. The Balaban J connectivity index is 1.62. The molecule has 11 heteroatoms. The Bertz CT molecular complexity index is 1240. The summed E-state index contributed by atoms with van der Waals surface area (Å²) < 4.78 is 27.4. The van der Waals surface area contributed by atoms with Gasteiger partial charge in [0, 0.05) is 31.9 Å². The van der Waals surface area contributed by atoms with Crippen LogP contribution in [0.15, 0.2) is 30.7 Å². The summed E-state index contributed by atoms with van der Waals surface area (Å²) in [4.78, 5) is 22.4. The Morgan fingerprint density at radius 2 is 1.85 bits per heavy atom. The molecule has 176 valence electrons. The molecule has 1 fully saturated rings. The molecule has 0 amide bonds. The summed E-state index contributed by atoms with van der Waals surface area (Å²) in [5, 5.41) is 3.32. The van der Waals surface area contributed by atoms with Gasteiger partial charge in [0.15, 0.2) is 5.82 Å². The van der Waals surface area contributed by atoms with Crippen molar-refractivity contribution in [2.45, 2.75) is 20.8 Å². The smallest absolute Gasteiger partial charge is 0.232 e. The van der Waals surface area contributed by atoms with Crippen LogP contribution in [0.5, 0.6) is 0 Å². The van der Waals surface area contributed by atoms with Gasteiger partial charge in [-0.25, -0.2) is 28.4 Å². The fourth-order valence-corrected chi connectivity index (χ4v) is 5.15. The Kier molecular flexibility index (Phi) is 6.61. The number of rotatable bonds is 7. The molecule has 1 aromatic carbocycles. The second-order valence-corrected chi connectivity index (χ2v) is 10.6. The highest BCUT2D eigenvalue weighted by Gasteiger charge is 2.18. The first kappa shape index (κ1) is 23.1. The number of hydrogen-bond acceptors (Lipinski definition) is 9.